The van der Waals surface area contributed by atoms with E-state index in [-0.39, 0.29) is 11.0 Å². The molecule has 3 aromatic rings. The number of aromatic nitrogens is 3. The fraction of sp³-hybridized carbons (Fsp3) is 0.0714. The van der Waals surface area contributed by atoms with Crippen molar-refractivity contribution in [1.29, 1.82) is 0 Å². The van der Waals surface area contributed by atoms with E-state index in [2.05, 4.69) is 15.0 Å². The van der Waals surface area contributed by atoms with Gasteiger partial charge in [-0.3, -0.25) is 0 Å². The van der Waals surface area contributed by atoms with E-state index < -0.39 is 11.2 Å². The monoisotopic (exact) mass is 285 g/mol. The summed E-state index contributed by atoms with van der Waals surface area (Å²) in [5, 5.41) is 10.9. The van der Waals surface area contributed by atoms with E-state index in [9.17, 15) is 9.66 Å². The first-order valence-electron chi connectivity index (χ1n) is 5.91. The van der Waals surface area contributed by atoms with Gasteiger partial charge in [-0.15, -0.1) is 0 Å². The summed E-state index contributed by atoms with van der Waals surface area (Å²) >= 11 is -1.28. The molecule has 0 spiro atoms. The first kappa shape index (κ1) is 12.8. The van der Waals surface area contributed by atoms with Gasteiger partial charge in [0.1, 0.15) is 6.26 Å². The number of nitrogens with zero attached hydrogens (tertiary/aromatic N) is 3. The fourth-order valence-electron chi connectivity index (χ4n) is 1.91. The van der Waals surface area contributed by atoms with Gasteiger partial charge in [0, 0.05) is 28.3 Å². The van der Waals surface area contributed by atoms with Gasteiger partial charge in [-0.05, 0) is 11.6 Å². The maximum absolute atomic E-state index is 11.4. The molecule has 0 aliphatic carbocycles. The third kappa shape index (κ3) is 2.31. The smallest absolute Gasteiger partial charge is 0.344 e. The summed E-state index contributed by atoms with van der Waals surface area (Å²) in [6.45, 7) is 0. The van der Waals surface area contributed by atoms with E-state index in [1.54, 1.807) is 12.3 Å². The molecule has 1 atom stereocenters. The summed E-state index contributed by atoms with van der Waals surface area (Å²) in [7, 11) is 0. The lowest BCUT2D eigenvalue weighted by Crippen LogP contribution is -2.04. The molecule has 0 saturated heterocycles. The van der Waals surface area contributed by atoms with Crippen molar-refractivity contribution in [3.05, 3.63) is 42.6 Å². The second kappa shape index (κ2) is 5.07. The van der Waals surface area contributed by atoms with E-state index in [1.807, 2.05) is 30.3 Å². The van der Waals surface area contributed by atoms with Crippen LogP contribution < -0.4 is 0 Å². The summed E-state index contributed by atoms with van der Waals surface area (Å²) in [6, 6.07) is 11.2. The van der Waals surface area contributed by atoms with Crippen molar-refractivity contribution in [3.63, 3.8) is 0 Å². The summed E-state index contributed by atoms with van der Waals surface area (Å²) < 4.78 is 11.4. The van der Waals surface area contributed by atoms with Crippen molar-refractivity contribution in [2.45, 2.75) is 5.16 Å². The highest BCUT2D eigenvalue weighted by atomic mass is 32.2. The van der Waals surface area contributed by atoms with Gasteiger partial charge in [0.25, 0.3) is 0 Å². The normalized spacial score (nSPS) is 12.5. The number of pyridine rings is 1. The molecular formula is C14H11N3O2S. The van der Waals surface area contributed by atoms with Crippen molar-refractivity contribution < 1.29 is 9.66 Å². The molecule has 100 valence electrons. The molecular weight excluding hydrogens is 274 g/mol. The van der Waals surface area contributed by atoms with Gasteiger partial charge in [-0.2, -0.15) is 15.0 Å². The Bertz CT molecular complexity index is 763. The average Bonchev–Trinajstić information content (AvgIpc) is 2.46. The van der Waals surface area contributed by atoms with E-state index in [0.29, 0.717) is 16.6 Å². The van der Waals surface area contributed by atoms with Crippen LogP contribution in [0.3, 0.4) is 0 Å². The summed E-state index contributed by atoms with van der Waals surface area (Å²) in [5.74, 6) is -0.102. The zero-order valence-electron chi connectivity index (χ0n) is 10.6. The van der Waals surface area contributed by atoms with Gasteiger partial charge in [-0.1, -0.05) is 30.3 Å². The maximum Gasteiger partial charge on any atom is 0.344 e. The Morgan fingerprint density at radius 1 is 1.15 bits per heavy atom. The molecule has 0 saturated carbocycles. The van der Waals surface area contributed by atoms with Crippen LogP contribution in [0.2, 0.25) is 0 Å². The molecule has 2 aromatic heterocycles. The van der Waals surface area contributed by atoms with Crippen molar-refractivity contribution in [3.8, 4) is 17.0 Å². The Balaban J connectivity index is 2.18. The van der Waals surface area contributed by atoms with Crippen LogP contribution in [0.5, 0.6) is 5.88 Å². The highest BCUT2D eigenvalue weighted by Crippen LogP contribution is 2.29. The first-order valence-corrected chi connectivity index (χ1v) is 7.46. The van der Waals surface area contributed by atoms with E-state index in [0.717, 1.165) is 5.56 Å². The first-order chi connectivity index (χ1) is 9.65. The summed E-state index contributed by atoms with van der Waals surface area (Å²) in [5.41, 5.74) is 1.82. The Morgan fingerprint density at radius 3 is 2.60 bits per heavy atom. The average molecular weight is 285 g/mol. The molecule has 5 nitrogen and oxygen atoms in total. The molecule has 6 heteroatoms. The summed E-state index contributed by atoms with van der Waals surface area (Å²) in [6.07, 6.45) is 3.07. The summed E-state index contributed by atoms with van der Waals surface area (Å²) in [4.78, 5) is 12.2. The minimum Gasteiger partial charge on any atom is -0.609 e. The minimum atomic E-state index is -1.28. The highest BCUT2D eigenvalue weighted by molar-refractivity contribution is 7.90. The Hall–Kier alpha value is -2.18. The lowest BCUT2D eigenvalue weighted by atomic mass is 10.1. The molecule has 20 heavy (non-hydrogen) atoms. The second-order valence-electron chi connectivity index (χ2n) is 4.25. The number of aromatic hydroxyl groups is 1. The molecule has 3 rings (SSSR count). The van der Waals surface area contributed by atoms with Gasteiger partial charge in [0.2, 0.25) is 5.88 Å². The van der Waals surface area contributed by atoms with Crippen LogP contribution >= 0.6 is 0 Å². The molecule has 1 N–H and O–H groups in total. The molecule has 0 fully saturated rings. The van der Waals surface area contributed by atoms with Crippen LogP contribution in [0, 0.1) is 0 Å². The van der Waals surface area contributed by atoms with Crippen molar-refractivity contribution >= 4 is 22.2 Å². The van der Waals surface area contributed by atoms with Gasteiger partial charge in [0.05, 0.1) is 0 Å². The molecule has 1 aromatic carbocycles. The quantitative estimate of drug-likeness (QED) is 0.576. The van der Waals surface area contributed by atoms with Crippen LogP contribution in [0.1, 0.15) is 0 Å². The second-order valence-corrected chi connectivity index (χ2v) is 5.52. The Labute approximate surface area is 118 Å². The van der Waals surface area contributed by atoms with E-state index >= 15 is 0 Å². The van der Waals surface area contributed by atoms with Gasteiger partial charge < -0.3 is 9.66 Å². The molecule has 1 unspecified atom stereocenters. The lowest BCUT2D eigenvalue weighted by molar-refractivity contribution is 0.457. The van der Waals surface area contributed by atoms with E-state index in [4.69, 9.17) is 0 Å². The number of rotatable bonds is 2. The van der Waals surface area contributed by atoms with Crippen LogP contribution in [-0.2, 0) is 11.2 Å². The molecule has 0 radical (unpaired) electrons. The number of hydrogen-bond donors (Lipinski definition) is 1. The molecule has 2 heterocycles. The van der Waals surface area contributed by atoms with Crippen LogP contribution in [0.4, 0.5) is 0 Å². The van der Waals surface area contributed by atoms with Crippen LogP contribution in [0.25, 0.3) is 22.2 Å². The SMILES string of the molecule is C[S+]([O-])c1ncc2cc(-c3ccccc3)c(O)nc2n1. The lowest BCUT2D eigenvalue weighted by Gasteiger charge is -2.07. The van der Waals surface area contributed by atoms with Gasteiger partial charge >= 0.3 is 5.16 Å². The number of benzene rings is 1. The third-order valence-corrected chi connectivity index (χ3v) is 3.58. The highest BCUT2D eigenvalue weighted by Gasteiger charge is 2.13. The molecule has 0 aliphatic heterocycles. The number of fused-ring (bicyclic) bond motifs is 1. The van der Waals surface area contributed by atoms with Crippen molar-refractivity contribution in [2.24, 2.45) is 0 Å². The number of hydrogen-bond acceptors (Lipinski definition) is 5. The van der Waals surface area contributed by atoms with Crippen LogP contribution in [-0.4, -0.2) is 30.9 Å². The van der Waals surface area contributed by atoms with Gasteiger partial charge in [-0.25, -0.2) is 0 Å². The van der Waals surface area contributed by atoms with Gasteiger partial charge in [0.15, 0.2) is 5.65 Å². The zero-order chi connectivity index (χ0) is 14.1. The van der Waals surface area contributed by atoms with Crippen LogP contribution in [0.15, 0.2) is 47.8 Å². The largest absolute Gasteiger partial charge is 0.609 e. The molecule has 0 amide bonds. The Kier molecular flexibility index (Phi) is 3.25. The Morgan fingerprint density at radius 2 is 1.90 bits per heavy atom. The topological polar surface area (TPSA) is 82.0 Å². The standard InChI is InChI=1S/C14H11N3O2S/c1-20(19)14-15-8-10-7-11(9-5-3-2-4-6-9)13(18)16-12(10)17-14/h2-8H,1H3,(H,15,16,17,18). The predicted molar refractivity (Wildman–Crippen MR) is 76.8 cm³/mol. The minimum absolute atomic E-state index is 0.102. The van der Waals surface area contributed by atoms with Crippen molar-refractivity contribution in [1.82, 2.24) is 15.0 Å². The van der Waals surface area contributed by atoms with E-state index in [1.165, 1.54) is 6.26 Å². The maximum atomic E-state index is 11.4. The molecule has 0 aliphatic rings. The fourth-order valence-corrected chi connectivity index (χ4v) is 2.32. The van der Waals surface area contributed by atoms with Crippen molar-refractivity contribution in [2.75, 3.05) is 6.26 Å². The predicted octanol–water partition coefficient (Wildman–Crippen LogP) is 2.13. The zero-order valence-corrected chi connectivity index (χ0v) is 11.5. The third-order valence-electron chi connectivity index (χ3n) is 2.87. The molecule has 0 bridgehead atoms.